The first-order valence-corrected chi connectivity index (χ1v) is 5.99. The van der Waals surface area contributed by atoms with Gasteiger partial charge in [-0.15, -0.1) is 6.58 Å². The van der Waals surface area contributed by atoms with E-state index in [9.17, 15) is 0 Å². The molecule has 0 radical (unpaired) electrons. The summed E-state index contributed by atoms with van der Waals surface area (Å²) in [5, 5.41) is 0. The summed E-state index contributed by atoms with van der Waals surface area (Å²) in [4.78, 5) is 4.91. The van der Waals surface area contributed by atoms with Crippen LogP contribution in [-0.2, 0) is 0 Å². The number of piperazine rings is 1. The van der Waals surface area contributed by atoms with Gasteiger partial charge < -0.3 is 4.90 Å². The van der Waals surface area contributed by atoms with Crippen LogP contribution < -0.4 is 0 Å². The second-order valence-electron chi connectivity index (χ2n) is 4.29. The van der Waals surface area contributed by atoms with Crippen molar-refractivity contribution >= 4 is 0 Å². The maximum atomic E-state index is 3.72. The predicted octanol–water partition coefficient (Wildman–Crippen LogP) is 2.15. The molecular weight excluding hydrogens is 184 g/mol. The van der Waals surface area contributed by atoms with Gasteiger partial charge in [0.15, 0.2) is 0 Å². The second-order valence-corrected chi connectivity index (χ2v) is 4.29. The standard InChI is InChI=1S/C13H24N2/c1-3-4-5-6-7-8-9-15-12-10-14(2)11-13-15/h3,7-8H,1,4-6,9-13H2,2H3/b8-7+. The van der Waals surface area contributed by atoms with Gasteiger partial charge in [0.25, 0.3) is 0 Å². The molecule has 0 atom stereocenters. The average Bonchev–Trinajstić information content (AvgIpc) is 2.26. The van der Waals surface area contributed by atoms with E-state index < -0.39 is 0 Å². The Bertz CT molecular complexity index is 191. The largest absolute Gasteiger partial charge is 0.304 e. The lowest BCUT2D eigenvalue weighted by Crippen LogP contribution is -2.44. The highest BCUT2D eigenvalue weighted by Gasteiger charge is 2.11. The molecule has 86 valence electrons. The molecule has 0 unspecified atom stereocenters. The third kappa shape index (κ3) is 5.75. The zero-order chi connectivity index (χ0) is 10.9. The highest BCUT2D eigenvalue weighted by atomic mass is 15.2. The monoisotopic (exact) mass is 208 g/mol. The number of likely N-dealkylation sites (N-methyl/N-ethyl adjacent to an activating group) is 1. The van der Waals surface area contributed by atoms with E-state index in [-0.39, 0.29) is 0 Å². The molecule has 1 saturated heterocycles. The molecule has 0 bridgehead atoms. The minimum absolute atomic E-state index is 1.13. The quantitative estimate of drug-likeness (QED) is 0.487. The Morgan fingerprint density at radius 3 is 2.47 bits per heavy atom. The van der Waals surface area contributed by atoms with Crippen LogP contribution in [-0.4, -0.2) is 49.6 Å². The zero-order valence-electron chi connectivity index (χ0n) is 9.99. The fourth-order valence-corrected chi connectivity index (χ4v) is 1.75. The van der Waals surface area contributed by atoms with E-state index in [0.29, 0.717) is 0 Å². The minimum atomic E-state index is 1.13. The third-order valence-electron chi connectivity index (χ3n) is 2.91. The van der Waals surface area contributed by atoms with E-state index in [0.717, 1.165) is 13.0 Å². The van der Waals surface area contributed by atoms with Crippen LogP contribution in [0.3, 0.4) is 0 Å². The van der Waals surface area contributed by atoms with Gasteiger partial charge in [0.1, 0.15) is 0 Å². The zero-order valence-corrected chi connectivity index (χ0v) is 9.99. The molecule has 0 N–H and O–H groups in total. The Hall–Kier alpha value is -0.600. The first-order chi connectivity index (χ1) is 7.33. The van der Waals surface area contributed by atoms with Crippen LogP contribution in [0.2, 0.25) is 0 Å². The van der Waals surface area contributed by atoms with Gasteiger partial charge in [-0.1, -0.05) is 18.2 Å². The highest BCUT2D eigenvalue weighted by Crippen LogP contribution is 2.00. The molecule has 0 amide bonds. The van der Waals surface area contributed by atoms with Crippen molar-refractivity contribution in [3.63, 3.8) is 0 Å². The van der Waals surface area contributed by atoms with Crippen molar-refractivity contribution in [2.75, 3.05) is 39.8 Å². The van der Waals surface area contributed by atoms with Gasteiger partial charge in [-0.3, -0.25) is 4.90 Å². The van der Waals surface area contributed by atoms with E-state index >= 15 is 0 Å². The summed E-state index contributed by atoms with van der Waals surface area (Å²) in [5.74, 6) is 0. The Labute approximate surface area is 94.3 Å². The van der Waals surface area contributed by atoms with Crippen molar-refractivity contribution in [1.82, 2.24) is 9.80 Å². The summed E-state index contributed by atoms with van der Waals surface area (Å²) in [7, 11) is 2.20. The van der Waals surface area contributed by atoms with Crippen molar-refractivity contribution in [2.24, 2.45) is 0 Å². The number of unbranched alkanes of at least 4 members (excludes halogenated alkanes) is 2. The lowest BCUT2D eigenvalue weighted by molar-refractivity contribution is 0.166. The van der Waals surface area contributed by atoms with Crippen LogP contribution >= 0.6 is 0 Å². The molecule has 0 aromatic rings. The van der Waals surface area contributed by atoms with E-state index in [1.807, 2.05) is 6.08 Å². The van der Waals surface area contributed by atoms with Crippen molar-refractivity contribution in [2.45, 2.75) is 19.3 Å². The summed E-state index contributed by atoms with van der Waals surface area (Å²) in [6.45, 7) is 9.71. The van der Waals surface area contributed by atoms with Crippen LogP contribution in [0.25, 0.3) is 0 Å². The van der Waals surface area contributed by atoms with Crippen molar-refractivity contribution in [3.05, 3.63) is 24.8 Å². The molecule has 1 heterocycles. The molecule has 0 spiro atoms. The molecule has 2 nitrogen and oxygen atoms in total. The average molecular weight is 208 g/mol. The third-order valence-corrected chi connectivity index (χ3v) is 2.91. The summed E-state index contributed by atoms with van der Waals surface area (Å²) in [6, 6.07) is 0. The van der Waals surface area contributed by atoms with Crippen molar-refractivity contribution in [3.8, 4) is 0 Å². The minimum Gasteiger partial charge on any atom is -0.304 e. The van der Waals surface area contributed by atoms with E-state index in [1.54, 1.807) is 0 Å². The Morgan fingerprint density at radius 2 is 1.80 bits per heavy atom. The van der Waals surface area contributed by atoms with Crippen LogP contribution in [0.15, 0.2) is 24.8 Å². The second kappa shape index (κ2) is 7.66. The summed E-state index contributed by atoms with van der Waals surface area (Å²) >= 11 is 0. The Morgan fingerprint density at radius 1 is 1.07 bits per heavy atom. The maximum Gasteiger partial charge on any atom is 0.0164 e. The van der Waals surface area contributed by atoms with Crippen molar-refractivity contribution in [1.29, 1.82) is 0 Å². The molecule has 0 aromatic carbocycles. The van der Waals surface area contributed by atoms with Crippen LogP contribution in [0, 0.1) is 0 Å². The number of hydrogen-bond acceptors (Lipinski definition) is 2. The molecule has 15 heavy (non-hydrogen) atoms. The first kappa shape index (κ1) is 12.5. The fraction of sp³-hybridized carbons (Fsp3) is 0.692. The van der Waals surface area contributed by atoms with Gasteiger partial charge in [0, 0.05) is 32.7 Å². The molecule has 0 aliphatic carbocycles. The number of allylic oxidation sites excluding steroid dienone is 2. The topological polar surface area (TPSA) is 6.48 Å². The van der Waals surface area contributed by atoms with Gasteiger partial charge in [-0.05, 0) is 26.3 Å². The first-order valence-electron chi connectivity index (χ1n) is 5.99. The van der Waals surface area contributed by atoms with Gasteiger partial charge in [-0.25, -0.2) is 0 Å². The predicted molar refractivity (Wildman–Crippen MR) is 67.1 cm³/mol. The van der Waals surface area contributed by atoms with Crippen molar-refractivity contribution < 1.29 is 0 Å². The lowest BCUT2D eigenvalue weighted by atomic mass is 10.2. The van der Waals surface area contributed by atoms with E-state index in [4.69, 9.17) is 0 Å². The fourth-order valence-electron chi connectivity index (χ4n) is 1.75. The smallest absolute Gasteiger partial charge is 0.0164 e. The number of nitrogens with zero attached hydrogens (tertiary/aromatic N) is 2. The number of rotatable bonds is 6. The molecule has 1 aliphatic rings. The summed E-state index contributed by atoms with van der Waals surface area (Å²) in [6.07, 6.45) is 10.2. The molecule has 0 saturated carbocycles. The molecule has 2 heteroatoms. The normalized spacial score (nSPS) is 19.8. The molecule has 1 rings (SSSR count). The van der Waals surface area contributed by atoms with E-state index in [1.165, 1.54) is 39.0 Å². The van der Waals surface area contributed by atoms with Gasteiger partial charge in [0.2, 0.25) is 0 Å². The Balaban J connectivity index is 2.01. The Kier molecular flexibility index (Phi) is 6.37. The molecule has 1 aliphatic heterocycles. The highest BCUT2D eigenvalue weighted by molar-refractivity contribution is 4.86. The number of hydrogen-bond donors (Lipinski definition) is 0. The van der Waals surface area contributed by atoms with E-state index in [2.05, 4.69) is 35.6 Å². The van der Waals surface area contributed by atoms with Gasteiger partial charge in [-0.2, -0.15) is 0 Å². The molecule has 1 fully saturated rings. The summed E-state index contributed by atoms with van der Waals surface area (Å²) < 4.78 is 0. The van der Waals surface area contributed by atoms with Gasteiger partial charge >= 0.3 is 0 Å². The lowest BCUT2D eigenvalue weighted by Gasteiger charge is -2.31. The SMILES string of the molecule is C=CCCC/C=C/CN1CCN(C)CC1. The molecule has 0 aromatic heterocycles. The van der Waals surface area contributed by atoms with Gasteiger partial charge in [0.05, 0.1) is 0 Å². The molecular formula is C13H24N2. The van der Waals surface area contributed by atoms with Crippen LogP contribution in [0.1, 0.15) is 19.3 Å². The van der Waals surface area contributed by atoms with Crippen LogP contribution in [0.4, 0.5) is 0 Å². The summed E-state index contributed by atoms with van der Waals surface area (Å²) in [5.41, 5.74) is 0. The maximum absolute atomic E-state index is 3.72. The van der Waals surface area contributed by atoms with Crippen LogP contribution in [0.5, 0.6) is 0 Å².